The van der Waals surface area contributed by atoms with Gasteiger partial charge in [0.15, 0.2) is 0 Å². The fraction of sp³-hybridized carbons (Fsp3) is 0.579. The van der Waals surface area contributed by atoms with E-state index in [0.29, 0.717) is 19.0 Å². The smallest absolute Gasteiger partial charge is 0.227 e. The monoisotopic (exact) mass is 314 g/mol. The van der Waals surface area contributed by atoms with E-state index in [1.807, 2.05) is 26.0 Å². The third-order valence-corrected chi connectivity index (χ3v) is 5.09. The maximum absolute atomic E-state index is 12.5. The lowest BCUT2D eigenvalue weighted by molar-refractivity contribution is -0.127. The Morgan fingerprint density at radius 1 is 1.17 bits per heavy atom. The normalized spacial score (nSPS) is 22.4. The van der Waals surface area contributed by atoms with Gasteiger partial charge >= 0.3 is 0 Å². The Labute approximate surface area is 138 Å². The number of rotatable bonds is 3. The van der Waals surface area contributed by atoms with Crippen LogP contribution >= 0.6 is 0 Å². The fourth-order valence-electron chi connectivity index (χ4n) is 3.79. The van der Waals surface area contributed by atoms with Crippen molar-refractivity contribution in [3.63, 3.8) is 0 Å². The molecule has 1 N–H and O–H groups in total. The standard InChI is InChI=1S/C19H26N2O2/c1-13-8-9-17(14(2)10-13)21-12-15(11-18(21)22)19(23)20-16-6-4-3-5-7-16/h8-10,15-16H,3-7,11-12H2,1-2H3,(H,20,23)/t15-/m0/s1. The van der Waals surface area contributed by atoms with Crippen molar-refractivity contribution < 1.29 is 9.59 Å². The summed E-state index contributed by atoms with van der Waals surface area (Å²) in [6, 6.07) is 6.40. The highest BCUT2D eigenvalue weighted by Crippen LogP contribution is 2.29. The minimum Gasteiger partial charge on any atom is -0.353 e. The number of anilines is 1. The molecule has 1 aromatic rings. The molecule has 1 aliphatic heterocycles. The van der Waals surface area contributed by atoms with Gasteiger partial charge in [0, 0.05) is 24.7 Å². The molecule has 1 atom stereocenters. The summed E-state index contributed by atoms with van der Waals surface area (Å²) >= 11 is 0. The predicted molar refractivity (Wildman–Crippen MR) is 91.4 cm³/mol. The minimum absolute atomic E-state index is 0.0533. The second-order valence-electron chi connectivity index (χ2n) is 7.04. The van der Waals surface area contributed by atoms with E-state index in [1.54, 1.807) is 4.90 Å². The SMILES string of the molecule is Cc1ccc(N2C[C@@H](C(=O)NC3CCCCC3)CC2=O)c(C)c1. The average Bonchev–Trinajstić information content (AvgIpc) is 2.90. The number of hydrogen-bond donors (Lipinski definition) is 1. The summed E-state index contributed by atoms with van der Waals surface area (Å²) in [5.41, 5.74) is 3.21. The number of carbonyl (C=O) groups is 2. The predicted octanol–water partition coefficient (Wildman–Crippen LogP) is 3.11. The van der Waals surface area contributed by atoms with E-state index in [-0.39, 0.29) is 17.7 Å². The van der Waals surface area contributed by atoms with Crippen LogP contribution in [-0.2, 0) is 9.59 Å². The van der Waals surface area contributed by atoms with Crippen LogP contribution in [0.1, 0.15) is 49.7 Å². The first-order chi connectivity index (χ1) is 11.0. The van der Waals surface area contributed by atoms with E-state index in [9.17, 15) is 9.59 Å². The van der Waals surface area contributed by atoms with Gasteiger partial charge in [0.05, 0.1) is 5.92 Å². The van der Waals surface area contributed by atoms with E-state index in [2.05, 4.69) is 11.4 Å². The van der Waals surface area contributed by atoms with Crippen molar-refractivity contribution in [2.75, 3.05) is 11.4 Å². The van der Waals surface area contributed by atoms with E-state index in [0.717, 1.165) is 24.1 Å². The third-order valence-electron chi connectivity index (χ3n) is 5.09. The minimum atomic E-state index is -0.217. The molecule has 1 saturated heterocycles. The lowest BCUT2D eigenvalue weighted by Gasteiger charge is -2.24. The summed E-state index contributed by atoms with van der Waals surface area (Å²) in [5, 5.41) is 3.16. The Kier molecular flexibility index (Phi) is 4.69. The largest absolute Gasteiger partial charge is 0.353 e. The molecule has 2 amide bonds. The van der Waals surface area contributed by atoms with Gasteiger partial charge in [0.2, 0.25) is 11.8 Å². The molecule has 3 rings (SSSR count). The van der Waals surface area contributed by atoms with Crippen molar-refractivity contribution in [2.24, 2.45) is 5.92 Å². The molecule has 0 radical (unpaired) electrons. The lowest BCUT2D eigenvalue weighted by atomic mass is 9.95. The maximum atomic E-state index is 12.5. The number of amides is 2. The molecule has 1 aromatic carbocycles. The first-order valence-corrected chi connectivity index (χ1v) is 8.72. The first kappa shape index (κ1) is 16.0. The molecule has 2 aliphatic rings. The van der Waals surface area contributed by atoms with Crippen LogP contribution in [0.3, 0.4) is 0 Å². The molecule has 23 heavy (non-hydrogen) atoms. The van der Waals surface area contributed by atoms with Crippen LogP contribution in [0.4, 0.5) is 5.69 Å². The van der Waals surface area contributed by atoms with Gasteiger partial charge in [-0.1, -0.05) is 37.0 Å². The summed E-state index contributed by atoms with van der Waals surface area (Å²) in [4.78, 5) is 26.6. The van der Waals surface area contributed by atoms with E-state index < -0.39 is 0 Å². The van der Waals surface area contributed by atoms with Gasteiger partial charge in [-0.2, -0.15) is 0 Å². The Bertz CT molecular complexity index is 605. The van der Waals surface area contributed by atoms with Crippen molar-refractivity contribution in [3.05, 3.63) is 29.3 Å². The van der Waals surface area contributed by atoms with Crippen LogP contribution in [0.2, 0.25) is 0 Å². The summed E-state index contributed by atoms with van der Waals surface area (Å²) in [6.07, 6.45) is 6.15. The number of hydrogen-bond acceptors (Lipinski definition) is 2. The Hall–Kier alpha value is -1.84. The lowest BCUT2D eigenvalue weighted by Crippen LogP contribution is -2.40. The highest BCUT2D eigenvalue weighted by atomic mass is 16.2. The number of carbonyl (C=O) groups excluding carboxylic acids is 2. The van der Waals surface area contributed by atoms with E-state index in [1.165, 1.54) is 24.8 Å². The summed E-state index contributed by atoms with van der Waals surface area (Å²) in [7, 11) is 0. The van der Waals surface area contributed by atoms with Gasteiger partial charge in [-0.3, -0.25) is 9.59 Å². The highest BCUT2D eigenvalue weighted by Gasteiger charge is 2.36. The van der Waals surface area contributed by atoms with Crippen LogP contribution in [0, 0.1) is 19.8 Å². The second kappa shape index (κ2) is 6.73. The van der Waals surface area contributed by atoms with Gasteiger partial charge in [-0.05, 0) is 38.3 Å². The third kappa shape index (κ3) is 3.57. The van der Waals surface area contributed by atoms with Crippen LogP contribution in [0.25, 0.3) is 0 Å². The first-order valence-electron chi connectivity index (χ1n) is 8.72. The van der Waals surface area contributed by atoms with E-state index in [4.69, 9.17) is 0 Å². The average molecular weight is 314 g/mol. The highest BCUT2D eigenvalue weighted by molar-refractivity contribution is 6.00. The molecule has 0 unspecified atom stereocenters. The zero-order valence-electron chi connectivity index (χ0n) is 14.1. The number of nitrogens with one attached hydrogen (secondary N) is 1. The molecule has 2 fully saturated rings. The molecular weight excluding hydrogens is 288 g/mol. The van der Waals surface area contributed by atoms with Crippen LogP contribution in [-0.4, -0.2) is 24.4 Å². The van der Waals surface area contributed by atoms with Crippen molar-refractivity contribution >= 4 is 17.5 Å². The number of aryl methyl sites for hydroxylation is 2. The van der Waals surface area contributed by atoms with Crippen LogP contribution in [0.15, 0.2) is 18.2 Å². The molecule has 0 spiro atoms. The van der Waals surface area contributed by atoms with Gasteiger partial charge in [-0.25, -0.2) is 0 Å². The quantitative estimate of drug-likeness (QED) is 0.932. The maximum Gasteiger partial charge on any atom is 0.227 e. The molecule has 1 heterocycles. The molecule has 1 aliphatic carbocycles. The summed E-state index contributed by atoms with van der Waals surface area (Å²) < 4.78 is 0. The molecule has 0 aromatic heterocycles. The molecule has 4 heteroatoms. The van der Waals surface area contributed by atoms with Crippen LogP contribution < -0.4 is 10.2 Å². The van der Waals surface area contributed by atoms with Gasteiger partial charge < -0.3 is 10.2 Å². The topological polar surface area (TPSA) is 49.4 Å². The van der Waals surface area contributed by atoms with Crippen molar-refractivity contribution in [2.45, 2.75) is 58.4 Å². The number of benzene rings is 1. The second-order valence-corrected chi connectivity index (χ2v) is 7.04. The zero-order chi connectivity index (χ0) is 16.4. The van der Waals surface area contributed by atoms with Crippen molar-refractivity contribution in [1.29, 1.82) is 0 Å². The Morgan fingerprint density at radius 2 is 1.91 bits per heavy atom. The summed E-state index contributed by atoms with van der Waals surface area (Å²) in [5.74, 6) is -0.108. The molecule has 1 saturated carbocycles. The summed E-state index contributed by atoms with van der Waals surface area (Å²) in [6.45, 7) is 4.56. The van der Waals surface area contributed by atoms with Crippen LogP contribution in [0.5, 0.6) is 0 Å². The molecule has 124 valence electrons. The molecule has 4 nitrogen and oxygen atoms in total. The fourth-order valence-corrected chi connectivity index (χ4v) is 3.79. The van der Waals surface area contributed by atoms with Crippen molar-refractivity contribution in [1.82, 2.24) is 5.32 Å². The Balaban J connectivity index is 1.65. The van der Waals surface area contributed by atoms with E-state index >= 15 is 0 Å². The van der Waals surface area contributed by atoms with Gasteiger partial charge in [0.25, 0.3) is 0 Å². The zero-order valence-corrected chi connectivity index (χ0v) is 14.1. The number of nitrogens with zero attached hydrogens (tertiary/aromatic N) is 1. The van der Waals surface area contributed by atoms with Crippen molar-refractivity contribution in [3.8, 4) is 0 Å². The van der Waals surface area contributed by atoms with Gasteiger partial charge in [-0.15, -0.1) is 0 Å². The Morgan fingerprint density at radius 3 is 2.61 bits per heavy atom. The van der Waals surface area contributed by atoms with Gasteiger partial charge in [0.1, 0.15) is 0 Å². The molecular formula is C19H26N2O2. The molecule has 0 bridgehead atoms.